The number of hydrogen-bond donors (Lipinski definition) is 1. The van der Waals surface area contributed by atoms with Gasteiger partial charge in [-0.05, 0) is 30.7 Å². The Morgan fingerprint density at radius 1 is 1.17 bits per heavy atom. The number of nitrogens with one attached hydrogen (secondary N) is 1. The number of hydrogen-bond acceptors (Lipinski definition) is 3. The zero-order valence-corrected chi connectivity index (χ0v) is 17.5. The van der Waals surface area contributed by atoms with Crippen LogP contribution >= 0.6 is 11.6 Å². The van der Waals surface area contributed by atoms with Crippen LogP contribution in [0.25, 0.3) is 0 Å². The number of halogens is 1. The quantitative estimate of drug-likeness (QED) is 0.817. The monoisotopic (exact) mass is 413 g/mol. The first-order valence-corrected chi connectivity index (χ1v) is 9.78. The first-order chi connectivity index (χ1) is 13.7. The summed E-state index contributed by atoms with van der Waals surface area (Å²) in [7, 11) is 3.31. The van der Waals surface area contributed by atoms with Crippen LogP contribution in [0, 0.1) is 12.8 Å². The predicted octanol–water partition coefficient (Wildman–Crippen LogP) is 3.34. The van der Waals surface area contributed by atoms with E-state index in [1.54, 1.807) is 37.2 Å². The highest BCUT2D eigenvalue weighted by Crippen LogP contribution is 2.27. The van der Waals surface area contributed by atoms with Crippen molar-refractivity contribution in [1.82, 2.24) is 9.80 Å². The normalized spacial score (nSPS) is 16.1. The Morgan fingerprint density at radius 2 is 1.86 bits per heavy atom. The van der Waals surface area contributed by atoms with Crippen LogP contribution in [0.4, 0.5) is 5.69 Å². The summed E-state index contributed by atoms with van der Waals surface area (Å²) in [5, 5.41) is 3.12. The van der Waals surface area contributed by atoms with Gasteiger partial charge in [-0.25, -0.2) is 0 Å². The van der Waals surface area contributed by atoms with E-state index in [-0.39, 0.29) is 24.1 Å². The molecule has 0 aliphatic carbocycles. The molecule has 1 fully saturated rings. The summed E-state index contributed by atoms with van der Waals surface area (Å²) >= 11 is 6.19. The molecule has 1 N–H and O–H groups in total. The highest BCUT2D eigenvalue weighted by molar-refractivity contribution is 6.34. The zero-order chi connectivity index (χ0) is 21.1. The maximum absolute atomic E-state index is 12.7. The summed E-state index contributed by atoms with van der Waals surface area (Å²) in [6.45, 7) is 2.85. The largest absolute Gasteiger partial charge is 0.345 e. The molecule has 1 aliphatic heterocycles. The van der Waals surface area contributed by atoms with Crippen LogP contribution in [0.2, 0.25) is 5.02 Å². The number of anilines is 1. The molecule has 1 unspecified atom stereocenters. The standard InChI is InChI=1S/C22H24ClN3O3/c1-14-4-6-15(7-5-14)12-26-13-17(11-20(26)27)21(28)24-19-10-16(8-9-18(19)23)22(29)25(2)3/h4-10,17H,11-13H2,1-3H3,(H,24,28). The van der Waals surface area contributed by atoms with Gasteiger partial charge in [0.15, 0.2) is 0 Å². The molecule has 0 spiro atoms. The van der Waals surface area contributed by atoms with E-state index < -0.39 is 5.92 Å². The molecular formula is C22H24ClN3O3. The molecule has 0 bridgehead atoms. The topological polar surface area (TPSA) is 69.7 Å². The van der Waals surface area contributed by atoms with E-state index in [9.17, 15) is 14.4 Å². The van der Waals surface area contributed by atoms with E-state index in [0.717, 1.165) is 11.1 Å². The van der Waals surface area contributed by atoms with Gasteiger partial charge in [0.25, 0.3) is 5.91 Å². The van der Waals surface area contributed by atoms with Crippen molar-refractivity contribution in [3.63, 3.8) is 0 Å². The molecule has 2 aromatic rings. The fourth-order valence-electron chi connectivity index (χ4n) is 3.26. The highest BCUT2D eigenvalue weighted by atomic mass is 35.5. The third-order valence-electron chi connectivity index (χ3n) is 4.96. The molecule has 0 saturated carbocycles. The maximum atomic E-state index is 12.7. The van der Waals surface area contributed by atoms with Gasteiger partial charge in [-0.15, -0.1) is 0 Å². The molecule has 3 rings (SSSR count). The summed E-state index contributed by atoms with van der Waals surface area (Å²) in [6, 6.07) is 12.7. The third-order valence-corrected chi connectivity index (χ3v) is 5.29. The van der Waals surface area contributed by atoms with E-state index in [4.69, 9.17) is 11.6 Å². The average Bonchev–Trinajstić information content (AvgIpc) is 3.05. The number of nitrogens with zero attached hydrogens (tertiary/aromatic N) is 2. The minimum Gasteiger partial charge on any atom is -0.345 e. The number of rotatable bonds is 5. The molecule has 7 heteroatoms. The number of carbonyl (C=O) groups is 3. The van der Waals surface area contributed by atoms with Gasteiger partial charge < -0.3 is 15.1 Å². The lowest BCUT2D eigenvalue weighted by Crippen LogP contribution is -2.28. The Hall–Kier alpha value is -2.86. The summed E-state index contributed by atoms with van der Waals surface area (Å²) in [5.41, 5.74) is 2.99. The van der Waals surface area contributed by atoms with E-state index in [0.29, 0.717) is 29.4 Å². The molecule has 1 aliphatic rings. The fourth-order valence-corrected chi connectivity index (χ4v) is 3.43. The highest BCUT2D eigenvalue weighted by Gasteiger charge is 2.34. The number of likely N-dealkylation sites (tertiary alicyclic amines) is 1. The SMILES string of the molecule is Cc1ccc(CN2CC(C(=O)Nc3cc(C(=O)N(C)C)ccc3Cl)CC2=O)cc1. The van der Waals surface area contributed by atoms with Crippen LogP contribution in [-0.4, -0.2) is 48.2 Å². The second kappa shape index (κ2) is 8.66. The third kappa shape index (κ3) is 4.95. The van der Waals surface area contributed by atoms with Gasteiger partial charge in [0, 0.05) is 39.2 Å². The van der Waals surface area contributed by atoms with Crippen molar-refractivity contribution >= 4 is 35.0 Å². The Labute approximate surface area is 175 Å². The average molecular weight is 414 g/mol. The van der Waals surface area contributed by atoms with Crippen LogP contribution in [-0.2, 0) is 16.1 Å². The van der Waals surface area contributed by atoms with Crippen molar-refractivity contribution in [2.75, 3.05) is 26.0 Å². The van der Waals surface area contributed by atoms with Crippen molar-refractivity contribution in [2.45, 2.75) is 19.9 Å². The lowest BCUT2D eigenvalue weighted by Gasteiger charge is -2.17. The van der Waals surface area contributed by atoms with Gasteiger partial charge in [-0.1, -0.05) is 41.4 Å². The van der Waals surface area contributed by atoms with Crippen LogP contribution in [0.1, 0.15) is 27.9 Å². The fraction of sp³-hybridized carbons (Fsp3) is 0.318. The van der Waals surface area contributed by atoms with E-state index in [2.05, 4.69) is 5.32 Å². The summed E-state index contributed by atoms with van der Waals surface area (Å²) in [6.07, 6.45) is 0.158. The van der Waals surface area contributed by atoms with Crippen LogP contribution in [0.5, 0.6) is 0 Å². The Kier molecular flexibility index (Phi) is 6.23. The molecule has 152 valence electrons. The number of carbonyl (C=O) groups excluding carboxylic acids is 3. The van der Waals surface area contributed by atoms with E-state index in [1.807, 2.05) is 31.2 Å². The minimum absolute atomic E-state index is 0.0478. The summed E-state index contributed by atoms with van der Waals surface area (Å²) < 4.78 is 0. The summed E-state index contributed by atoms with van der Waals surface area (Å²) in [4.78, 5) is 40.4. The lowest BCUT2D eigenvalue weighted by atomic mass is 10.1. The van der Waals surface area contributed by atoms with Crippen molar-refractivity contribution in [3.05, 3.63) is 64.2 Å². The number of aryl methyl sites for hydroxylation is 1. The van der Waals surface area contributed by atoms with Crippen molar-refractivity contribution < 1.29 is 14.4 Å². The minimum atomic E-state index is -0.461. The van der Waals surface area contributed by atoms with Crippen LogP contribution in [0.3, 0.4) is 0 Å². The van der Waals surface area contributed by atoms with Gasteiger partial charge in [-0.2, -0.15) is 0 Å². The Morgan fingerprint density at radius 3 is 2.52 bits per heavy atom. The second-order valence-electron chi connectivity index (χ2n) is 7.54. The van der Waals surface area contributed by atoms with Gasteiger partial charge in [-0.3, -0.25) is 14.4 Å². The molecular weight excluding hydrogens is 390 g/mol. The zero-order valence-electron chi connectivity index (χ0n) is 16.7. The first-order valence-electron chi connectivity index (χ1n) is 9.40. The Bertz CT molecular complexity index is 941. The first kappa shape index (κ1) is 20.9. The van der Waals surface area contributed by atoms with Crippen LogP contribution in [0.15, 0.2) is 42.5 Å². The van der Waals surface area contributed by atoms with Gasteiger partial charge in [0.05, 0.1) is 16.6 Å². The maximum Gasteiger partial charge on any atom is 0.253 e. The molecule has 0 aromatic heterocycles. The molecule has 1 saturated heterocycles. The molecule has 6 nitrogen and oxygen atoms in total. The van der Waals surface area contributed by atoms with Gasteiger partial charge >= 0.3 is 0 Å². The van der Waals surface area contributed by atoms with Crippen molar-refractivity contribution in [2.24, 2.45) is 5.92 Å². The molecule has 3 amide bonds. The molecule has 1 atom stereocenters. The van der Waals surface area contributed by atoms with Gasteiger partial charge in [0.1, 0.15) is 0 Å². The lowest BCUT2D eigenvalue weighted by molar-refractivity contribution is -0.128. The Balaban J connectivity index is 1.67. The van der Waals surface area contributed by atoms with Gasteiger partial charge in [0.2, 0.25) is 11.8 Å². The van der Waals surface area contributed by atoms with Crippen molar-refractivity contribution in [1.29, 1.82) is 0 Å². The molecule has 29 heavy (non-hydrogen) atoms. The molecule has 2 aromatic carbocycles. The summed E-state index contributed by atoms with van der Waals surface area (Å²) in [5.74, 6) is -0.968. The van der Waals surface area contributed by atoms with Crippen LogP contribution < -0.4 is 5.32 Å². The number of benzene rings is 2. The number of amides is 3. The smallest absolute Gasteiger partial charge is 0.253 e. The second-order valence-corrected chi connectivity index (χ2v) is 7.95. The molecule has 1 heterocycles. The molecule has 0 radical (unpaired) electrons. The van der Waals surface area contributed by atoms with E-state index in [1.165, 1.54) is 4.90 Å². The van der Waals surface area contributed by atoms with Crippen molar-refractivity contribution in [3.8, 4) is 0 Å². The predicted molar refractivity (Wildman–Crippen MR) is 113 cm³/mol. The van der Waals surface area contributed by atoms with E-state index >= 15 is 0 Å².